The van der Waals surface area contributed by atoms with Crippen LogP contribution in [0, 0.1) is 6.92 Å². The third-order valence-corrected chi connectivity index (χ3v) is 3.96. The van der Waals surface area contributed by atoms with Crippen LogP contribution >= 0.6 is 11.6 Å². The maximum atomic E-state index is 6.53. The van der Waals surface area contributed by atoms with Crippen molar-refractivity contribution in [3.05, 3.63) is 64.8 Å². The predicted octanol–water partition coefficient (Wildman–Crippen LogP) is 5.55. The van der Waals surface area contributed by atoms with Gasteiger partial charge >= 0.3 is 0 Å². The number of hydrogen-bond donors (Lipinski definition) is 0. The fraction of sp³-hybridized carbons (Fsp3) is 0.167. The number of rotatable bonds is 3. The second kappa shape index (κ2) is 5.74. The molecular weight excluding hydrogens is 282 g/mol. The van der Waals surface area contributed by atoms with Gasteiger partial charge in [0.05, 0.1) is 10.5 Å². The lowest BCUT2D eigenvalue weighted by Crippen LogP contribution is -1.95. The minimum Gasteiger partial charge on any atom is -0.457 e. The van der Waals surface area contributed by atoms with Crippen molar-refractivity contribution in [2.75, 3.05) is 0 Å². The third kappa shape index (κ3) is 2.72. The average molecular weight is 298 g/mol. The van der Waals surface area contributed by atoms with E-state index < -0.39 is 0 Å². The van der Waals surface area contributed by atoms with Crippen LogP contribution in [0.25, 0.3) is 10.9 Å². The SMILES string of the molecule is CCc1c(C)nc2ccc(Oc3ccccc3)cc2c1Cl. The van der Waals surface area contributed by atoms with Crippen LogP contribution in [0.15, 0.2) is 48.5 Å². The van der Waals surface area contributed by atoms with Crippen LogP contribution in [0.4, 0.5) is 0 Å². The summed E-state index contributed by atoms with van der Waals surface area (Å²) in [5.41, 5.74) is 2.99. The Hall–Kier alpha value is -2.06. The number of hydrogen-bond acceptors (Lipinski definition) is 2. The summed E-state index contributed by atoms with van der Waals surface area (Å²) >= 11 is 6.53. The highest BCUT2D eigenvalue weighted by Gasteiger charge is 2.10. The van der Waals surface area contributed by atoms with Gasteiger partial charge in [0.1, 0.15) is 11.5 Å². The van der Waals surface area contributed by atoms with Crippen LogP contribution < -0.4 is 4.74 Å². The van der Waals surface area contributed by atoms with E-state index in [2.05, 4.69) is 11.9 Å². The largest absolute Gasteiger partial charge is 0.457 e. The zero-order chi connectivity index (χ0) is 14.8. The summed E-state index contributed by atoms with van der Waals surface area (Å²) in [6, 6.07) is 15.5. The first-order chi connectivity index (χ1) is 10.2. The van der Waals surface area contributed by atoms with Crippen LogP contribution in [-0.2, 0) is 6.42 Å². The van der Waals surface area contributed by atoms with Gasteiger partial charge in [-0.05, 0) is 49.2 Å². The summed E-state index contributed by atoms with van der Waals surface area (Å²) < 4.78 is 5.86. The zero-order valence-electron chi connectivity index (χ0n) is 12.1. The van der Waals surface area contributed by atoms with Crippen LogP contribution in [0.5, 0.6) is 11.5 Å². The van der Waals surface area contributed by atoms with Gasteiger partial charge in [-0.1, -0.05) is 36.7 Å². The second-order valence-corrected chi connectivity index (χ2v) is 5.32. The first-order valence-electron chi connectivity index (χ1n) is 7.00. The molecule has 0 radical (unpaired) electrons. The number of ether oxygens (including phenoxy) is 1. The summed E-state index contributed by atoms with van der Waals surface area (Å²) in [5.74, 6) is 1.58. The molecule has 0 saturated carbocycles. The van der Waals surface area contributed by atoms with Crippen molar-refractivity contribution in [1.82, 2.24) is 4.98 Å². The lowest BCUT2D eigenvalue weighted by molar-refractivity contribution is 0.483. The van der Waals surface area contributed by atoms with Gasteiger partial charge in [0.25, 0.3) is 0 Å². The zero-order valence-corrected chi connectivity index (χ0v) is 12.8. The van der Waals surface area contributed by atoms with Crippen LogP contribution in [0.3, 0.4) is 0 Å². The number of fused-ring (bicyclic) bond motifs is 1. The molecule has 0 bridgehead atoms. The summed E-state index contributed by atoms with van der Waals surface area (Å²) in [7, 11) is 0. The van der Waals surface area contributed by atoms with Crippen LogP contribution in [0.2, 0.25) is 5.02 Å². The lowest BCUT2D eigenvalue weighted by Gasteiger charge is -2.11. The molecule has 0 unspecified atom stereocenters. The minimum atomic E-state index is 0.767. The number of nitrogens with zero attached hydrogens (tertiary/aromatic N) is 1. The van der Waals surface area contributed by atoms with Gasteiger partial charge in [-0.3, -0.25) is 4.98 Å². The van der Waals surface area contributed by atoms with E-state index in [1.165, 1.54) is 0 Å². The second-order valence-electron chi connectivity index (χ2n) is 4.94. The van der Waals surface area contributed by atoms with E-state index in [-0.39, 0.29) is 0 Å². The maximum absolute atomic E-state index is 6.53. The van der Waals surface area contributed by atoms with E-state index in [9.17, 15) is 0 Å². The summed E-state index contributed by atoms with van der Waals surface area (Å²) in [6.45, 7) is 4.09. The summed E-state index contributed by atoms with van der Waals surface area (Å²) in [4.78, 5) is 4.62. The Morgan fingerprint density at radius 3 is 2.52 bits per heavy atom. The molecular formula is C18H16ClNO. The normalized spacial score (nSPS) is 10.8. The van der Waals surface area contributed by atoms with E-state index in [1.54, 1.807) is 0 Å². The van der Waals surface area contributed by atoms with Gasteiger partial charge in [-0.25, -0.2) is 0 Å². The Kier molecular flexibility index (Phi) is 3.80. The molecule has 0 N–H and O–H groups in total. The van der Waals surface area contributed by atoms with Crippen molar-refractivity contribution in [2.45, 2.75) is 20.3 Å². The van der Waals surface area contributed by atoms with Crippen molar-refractivity contribution < 1.29 is 4.74 Å². The first-order valence-corrected chi connectivity index (χ1v) is 7.38. The van der Waals surface area contributed by atoms with Crippen molar-refractivity contribution in [2.24, 2.45) is 0 Å². The molecule has 0 aliphatic rings. The molecule has 0 spiro atoms. The van der Waals surface area contributed by atoms with E-state index in [0.717, 1.165) is 45.1 Å². The highest BCUT2D eigenvalue weighted by molar-refractivity contribution is 6.36. The van der Waals surface area contributed by atoms with E-state index >= 15 is 0 Å². The Labute approximate surface area is 129 Å². The molecule has 3 aromatic rings. The Morgan fingerprint density at radius 1 is 1.05 bits per heavy atom. The molecule has 2 nitrogen and oxygen atoms in total. The molecule has 0 aliphatic heterocycles. The van der Waals surface area contributed by atoms with Gasteiger partial charge < -0.3 is 4.74 Å². The van der Waals surface area contributed by atoms with E-state index in [1.807, 2.05) is 55.5 Å². The minimum absolute atomic E-state index is 0.767. The topological polar surface area (TPSA) is 22.1 Å². The van der Waals surface area contributed by atoms with Gasteiger partial charge in [-0.2, -0.15) is 0 Å². The smallest absolute Gasteiger partial charge is 0.128 e. The Morgan fingerprint density at radius 2 is 1.81 bits per heavy atom. The summed E-state index contributed by atoms with van der Waals surface area (Å²) in [6.07, 6.45) is 0.872. The molecule has 0 amide bonds. The number of benzene rings is 2. The molecule has 1 aromatic heterocycles. The summed E-state index contributed by atoms with van der Waals surface area (Å²) in [5, 5.41) is 1.71. The molecule has 2 aromatic carbocycles. The van der Waals surface area contributed by atoms with Crippen molar-refractivity contribution in [1.29, 1.82) is 0 Å². The standard InChI is InChI=1S/C18H16ClNO/c1-3-15-12(2)20-17-10-9-14(11-16(17)18(15)19)21-13-7-5-4-6-8-13/h4-11H,3H2,1-2H3. The molecule has 1 heterocycles. The average Bonchev–Trinajstić information content (AvgIpc) is 2.49. The molecule has 3 rings (SSSR count). The number of para-hydroxylation sites is 1. The highest BCUT2D eigenvalue weighted by Crippen LogP contribution is 2.32. The number of aromatic nitrogens is 1. The Balaban J connectivity index is 2.07. The van der Waals surface area contributed by atoms with Crippen molar-refractivity contribution in [3.63, 3.8) is 0 Å². The highest BCUT2D eigenvalue weighted by atomic mass is 35.5. The molecule has 0 aliphatic carbocycles. The molecule has 0 fully saturated rings. The van der Waals surface area contributed by atoms with E-state index in [4.69, 9.17) is 16.3 Å². The lowest BCUT2D eigenvalue weighted by atomic mass is 10.1. The number of aryl methyl sites for hydroxylation is 1. The van der Waals surface area contributed by atoms with Gasteiger partial charge in [-0.15, -0.1) is 0 Å². The van der Waals surface area contributed by atoms with Gasteiger partial charge in [0.2, 0.25) is 0 Å². The molecule has 0 saturated heterocycles. The molecule has 106 valence electrons. The quantitative estimate of drug-likeness (QED) is 0.632. The van der Waals surface area contributed by atoms with Crippen LogP contribution in [0.1, 0.15) is 18.2 Å². The third-order valence-electron chi connectivity index (χ3n) is 3.53. The van der Waals surface area contributed by atoms with Crippen molar-refractivity contribution in [3.8, 4) is 11.5 Å². The number of halogens is 1. The van der Waals surface area contributed by atoms with Crippen LogP contribution in [-0.4, -0.2) is 4.98 Å². The molecule has 21 heavy (non-hydrogen) atoms. The van der Waals surface area contributed by atoms with E-state index in [0.29, 0.717) is 0 Å². The van der Waals surface area contributed by atoms with Gasteiger partial charge in [0, 0.05) is 11.1 Å². The molecule has 0 atom stereocenters. The van der Waals surface area contributed by atoms with Crippen molar-refractivity contribution >= 4 is 22.5 Å². The Bertz CT molecular complexity index is 784. The fourth-order valence-electron chi connectivity index (χ4n) is 2.46. The monoisotopic (exact) mass is 297 g/mol. The fourth-order valence-corrected chi connectivity index (χ4v) is 2.88. The number of pyridine rings is 1. The molecule has 3 heteroatoms. The first kappa shape index (κ1) is 13.9. The maximum Gasteiger partial charge on any atom is 0.128 e. The van der Waals surface area contributed by atoms with Gasteiger partial charge in [0.15, 0.2) is 0 Å². The predicted molar refractivity (Wildman–Crippen MR) is 87.4 cm³/mol.